The number of rotatable bonds is 6. The topological polar surface area (TPSA) is 50.3 Å². The summed E-state index contributed by atoms with van der Waals surface area (Å²) in [4.78, 5) is 18.1. The van der Waals surface area contributed by atoms with Crippen molar-refractivity contribution in [3.8, 4) is 0 Å². The number of nitrogens with one attached hydrogen (secondary N) is 1. The fraction of sp³-hybridized carbons (Fsp3) is 0.500. The first-order valence-electron chi connectivity index (χ1n) is 11.6. The van der Waals surface area contributed by atoms with Crippen molar-refractivity contribution in [2.24, 2.45) is 0 Å². The van der Waals surface area contributed by atoms with E-state index in [2.05, 4.69) is 66.5 Å². The van der Waals surface area contributed by atoms with Gasteiger partial charge in [-0.25, -0.2) is 0 Å². The molecular weight excluding hydrogens is 386 g/mol. The number of hydrogen-bond donors (Lipinski definition) is 1. The van der Waals surface area contributed by atoms with Crippen molar-refractivity contribution in [3.05, 3.63) is 62.7 Å². The van der Waals surface area contributed by atoms with Crippen LogP contribution < -0.4 is 10.5 Å². The summed E-state index contributed by atoms with van der Waals surface area (Å²) in [6.07, 6.45) is 4.77. The van der Waals surface area contributed by atoms with E-state index >= 15 is 0 Å². The van der Waals surface area contributed by atoms with Gasteiger partial charge in [-0.3, -0.25) is 4.79 Å². The molecule has 5 heteroatoms. The monoisotopic (exact) mass is 421 g/mol. The van der Waals surface area contributed by atoms with Crippen molar-refractivity contribution in [1.82, 2.24) is 9.55 Å². The molecule has 1 aliphatic heterocycles. The standard InChI is InChI=1S/C26H35N3O2/c1-6-20-13-19(5)27-26(30)23(20)8-7-21-14-22(28-9-11-31-12-10-28)15-24-25(21)18(4)16-29(24)17(2)3/h13-17H,6-12H2,1-5H3,(H,27,30). The quantitative estimate of drug-likeness (QED) is 0.627. The maximum absolute atomic E-state index is 12.7. The van der Waals surface area contributed by atoms with Gasteiger partial charge in [0.15, 0.2) is 0 Å². The van der Waals surface area contributed by atoms with Crippen molar-refractivity contribution in [2.75, 3.05) is 31.2 Å². The Balaban J connectivity index is 1.78. The molecule has 0 saturated carbocycles. The van der Waals surface area contributed by atoms with Crippen LogP contribution in [-0.4, -0.2) is 35.9 Å². The number of hydrogen-bond acceptors (Lipinski definition) is 3. The van der Waals surface area contributed by atoms with Crippen LogP contribution in [0.1, 0.15) is 54.8 Å². The number of aryl methyl sites for hydroxylation is 4. The Labute approximate surface area is 185 Å². The van der Waals surface area contributed by atoms with Crippen molar-refractivity contribution < 1.29 is 4.74 Å². The molecule has 4 rings (SSSR count). The lowest BCUT2D eigenvalue weighted by atomic mass is 9.96. The molecule has 1 N–H and O–H groups in total. The summed E-state index contributed by atoms with van der Waals surface area (Å²) in [7, 11) is 0. The SMILES string of the molecule is CCc1cc(C)[nH]c(=O)c1CCc1cc(N2CCOCC2)cc2c1c(C)cn2C(C)C. The Morgan fingerprint density at radius 1 is 1.06 bits per heavy atom. The molecular formula is C26H35N3O2. The third-order valence-corrected chi connectivity index (χ3v) is 6.51. The minimum atomic E-state index is 0.0638. The summed E-state index contributed by atoms with van der Waals surface area (Å²) in [5.41, 5.74) is 8.29. The van der Waals surface area contributed by atoms with Crippen molar-refractivity contribution in [2.45, 2.75) is 59.9 Å². The fourth-order valence-corrected chi connectivity index (χ4v) is 4.93. The van der Waals surface area contributed by atoms with Gasteiger partial charge in [-0.05, 0) is 81.8 Å². The van der Waals surface area contributed by atoms with Gasteiger partial charge in [-0.15, -0.1) is 0 Å². The Morgan fingerprint density at radius 3 is 2.48 bits per heavy atom. The number of ether oxygens (including phenoxy) is 1. The number of pyridine rings is 1. The van der Waals surface area contributed by atoms with Gasteiger partial charge < -0.3 is 19.2 Å². The molecule has 0 unspecified atom stereocenters. The van der Waals surface area contributed by atoms with Crippen LogP contribution in [0.5, 0.6) is 0 Å². The number of benzene rings is 1. The number of aromatic nitrogens is 2. The number of H-pyrrole nitrogens is 1. The predicted octanol–water partition coefficient (Wildman–Crippen LogP) is 4.71. The maximum atomic E-state index is 12.7. The van der Waals surface area contributed by atoms with Crippen LogP contribution in [-0.2, 0) is 24.0 Å². The molecule has 0 radical (unpaired) electrons. The first-order valence-corrected chi connectivity index (χ1v) is 11.6. The molecule has 3 heterocycles. The lowest BCUT2D eigenvalue weighted by Gasteiger charge is -2.29. The average Bonchev–Trinajstić information content (AvgIpc) is 3.10. The molecule has 0 aliphatic carbocycles. The molecule has 1 fully saturated rings. The highest BCUT2D eigenvalue weighted by Gasteiger charge is 2.18. The van der Waals surface area contributed by atoms with Crippen molar-refractivity contribution >= 4 is 16.6 Å². The zero-order valence-electron chi connectivity index (χ0n) is 19.5. The zero-order valence-corrected chi connectivity index (χ0v) is 19.5. The average molecular weight is 422 g/mol. The molecule has 0 spiro atoms. The fourth-order valence-electron chi connectivity index (χ4n) is 4.93. The van der Waals surface area contributed by atoms with Crippen LogP contribution in [0.15, 0.2) is 29.2 Å². The Morgan fingerprint density at radius 2 is 1.81 bits per heavy atom. The van der Waals surface area contributed by atoms with E-state index in [1.54, 1.807) is 0 Å². The van der Waals surface area contributed by atoms with Gasteiger partial charge in [0.05, 0.1) is 18.7 Å². The van der Waals surface area contributed by atoms with Gasteiger partial charge in [0.1, 0.15) is 0 Å². The second-order valence-electron chi connectivity index (χ2n) is 9.05. The molecule has 0 bridgehead atoms. The van der Waals surface area contributed by atoms with Gasteiger partial charge in [0.2, 0.25) is 0 Å². The minimum absolute atomic E-state index is 0.0638. The van der Waals surface area contributed by atoms with Gasteiger partial charge in [-0.2, -0.15) is 0 Å². The highest BCUT2D eigenvalue weighted by atomic mass is 16.5. The molecule has 1 saturated heterocycles. The van der Waals surface area contributed by atoms with Crippen molar-refractivity contribution in [3.63, 3.8) is 0 Å². The van der Waals surface area contributed by atoms with Crippen LogP contribution in [0.25, 0.3) is 10.9 Å². The number of fused-ring (bicyclic) bond motifs is 1. The summed E-state index contributed by atoms with van der Waals surface area (Å²) in [6.45, 7) is 14.1. The molecule has 2 aromatic heterocycles. The van der Waals surface area contributed by atoms with E-state index in [4.69, 9.17) is 4.74 Å². The third-order valence-electron chi connectivity index (χ3n) is 6.51. The molecule has 3 aromatic rings. The maximum Gasteiger partial charge on any atom is 0.251 e. The molecule has 166 valence electrons. The van der Waals surface area contributed by atoms with E-state index in [1.807, 2.05) is 6.92 Å². The lowest BCUT2D eigenvalue weighted by Crippen LogP contribution is -2.36. The largest absolute Gasteiger partial charge is 0.378 e. The Hall–Kier alpha value is -2.53. The molecule has 0 atom stereocenters. The molecule has 5 nitrogen and oxygen atoms in total. The first-order chi connectivity index (χ1) is 14.9. The van der Waals surface area contributed by atoms with E-state index in [9.17, 15) is 4.79 Å². The zero-order chi connectivity index (χ0) is 22.1. The number of morpholine rings is 1. The molecule has 0 amide bonds. The normalized spacial score (nSPS) is 14.7. The molecule has 1 aromatic carbocycles. The van der Waals surface area contributed by atoms with E-state index in [0.717, 1.165) is 56.8 Å². The number of nitrogens with zero attached hydrogens (tertiary/aromatic N) is 2. The van der Waals surface area contributed by atoms with Crippen LogP contribution >= 0.6 is 0 Å². The van der Waals surface area contributed by atoms with E-state index in [0.29, 0.717) is 6.04 Å². The highest BCUT2D eigenvalue weighted by molar-refractivity contribution is 5.90. The lowest BCUT2D eigenvalue weighted by molar-refractivity contribution is 0.122. The second-order valence-corrected chi connectivity index (χ2v) is 9.05. The van der Waals surface area contributed by atoms with Crippen LogP contribution in [0.3, 0.4) is 0 Å². The van der Waals surface area contributed by atoms with E-state index < -0.39 is 0 Å². The molecule has 31 heavy (non-hydrogen) atoms. The minimum Gasteiger partial charge on any atom is -0.378 e. The van der Waals surface area contributed by atoms with E-state index in [-0.39, 0.29) is 5.56 Å². The summed E-state index contributed by atoms with van der Waals surface area (Å²) >= 11 is 0. The third kappa shape index (κ3) is 4.29. The summed E-state index contributed by atoms with van der Waals surface area (Å²) < 4.78 is 7.96. The smallest absolute Gasteiger partial charge is 0.251 e. The molecule has 1 aliphatic rings. The Kier molecular flexibility index (Phi) is 6.24. The van der Waals surface area contributed by atoms with Crippen LogP contribution in [0.4, 0.5) is 5.69 Å². The number of anilines is 1. The number of aromatic amines is 1. The summed E-state index contributed by atoms with van der Waals surface area (Å²) in [5.74, 6) is 0. The Bertz CT molecular complexity index is 1130. The summed E-state index contributed by atoms with van der Waals surface area (Å²) in [5, 5.41) is 1.34. The van der Waals surface area contributed by atoms with Gasteiger partial charge in [-0.1, -0.05) is 6.92 Å². The van der Waals surface area contributed by atoms with Crippen molar-refractivity contribution in [1.29, 1.82) is 0 Å². The van der Waals surface area contributed by atoms with Gasteiger partial charge in [0.25, 0.3) is 5.56 Å². The van der Waals surface area contributed by atoms with E-state index in [1.165, 1.54) is 33.3 Å². The van der Waals surface area contributed by atoms with Crippen LogP contribution in [0.2, 0.25) is 0 Å². The van der Waals surface area contributed by atoms with Crippen LogP contribution in [0, 0.1) is 13.8 Å². The first kappa shape index (κ1) is 21.7. The highest BCUT2D eigenvalue weighted by Crippen LogP contribution is 2.33. The van der Waals surface area contributed by atoms with Gasteiger partial charge in [0, 0.05) is 47.7 Å². The summed E-state index contributed by atoms with van der Waals surface area (Å²) in [6, 6.07) is 7.21. The predicted molar refractivity (Wildman–Crippen MR) is 129 cm³/mol. The van der Waals surface area contributed by atoms with Gasteiger partial charge >= 0.3 is 0 Å². The second kappa shape index (κ2) is 8.91.